The molecule has 0 bridgehead atoms. The molecule has 0 aromatic heterocycles. The molecular formula is C12H22N2O3S2. The van der Waals surface area contributed by atoms with Gasteiger partial charge in [-0.05, 0) is 25.7 Å². The molecule has 0 aliphatic carbocycles. The first-order chi connectivity index (χ1) is 8.79. The number of hydrogen-bond donors (Lipinski definition) is 2. The van der Waals surface area contributed by atoms with E-state index in [9.17, 15) is 13.2 Å². The maximum absolute atomic E-state index is 12.2. The second kappa shape index (κ2) is 6.17. The van der Waals surface area contributed by atoms with Crippen molar-refractivity contribution in [2.75, 3.05) is 5.75 Å². The van der Waals surface area contributed by atoms with Gasteiger partial charge in [-0.1, -0.05) is 32.5 Å². The third kappa shape index (κ3) is 3.45. The van der Waals surface area contributed by atoms with Gasteiger partial charge in [0.05, 0.1) is 16.3 Å². The summed E-state index contributed by atoms with van der Waals surface area (Å²) >= 11 is 5.02. The van der Waals surface area contributed by atoms with E-state index in [2.05, 4.69) is 5.32 Å². The van der Waals surface area contributed by atoms with Crippen molar-refractivity contribution < 1.29 is 13.2 Å². The summed E-state index contributed by atoms with van der Waals surface area (Å²) in [6.07, 6.45) is 2.88. The highest BCUT2D eigenvalue weighted by molar-refractivity contribution is 7.92. The Balaban J connectivity index is 2.91. The first-order valence-electron chi connectivity index (χ1n) is 6.62. The molecular weight excluding hydrogens is 284 g/mol. The topological polar surface area (TPSA) is 89.3 Å². The van der Waals surface area contributed by atoms with Crippen molar-refractivity contribution in [3.8, 4) is 0 Å². The summed E-state index contributed by atoms with van der Waals surface area (Å²) in [5.74, 6) is -0.375. The third-order valence-electron chi connectivity index (χ3n) is 3.91. The molecule has 1 rings (SSSR count). The van der Waals surface area contributed by atoms with E-state index >= 15 is 0 Å². The lowest BCUT2D eigenvalue weighted by Gasteiger charge is -2.34. The summed E-state index contributed by atoms with van der Waals surface area (Å²) in [6.45, 7) is 3.75. The van der Waals surface area contributed by atoms with Crippen LogP contribution in [0.1, 0.15) is 46.0 Å². The van der Waals surface area contributed by atoms with Gasteiger partial charge in [-0.3, -0.25) is 4.79 Å². The molecule has 1 unspecified atom stereocenters. The highest BCUT2D eigenvalue weighted by Gasteiger charge is 2.39. The summed E-state index contributed by atoms with van der Waals surface area (Å²) < 4.78 is 23.9. The van der Waals surface area contributed by atoms with E-state index < -0.39 is 26.5 Å². The van der Waals surface area contributed by atoms with Crippen molar-refractivity contribution >= 4 is 33.0 Å². The monoisotopic (exact) mass is 306 g/mol. The van der Waals surface area contributed by atoms with Crippen LogP contribution in [0.15, 0.2) is 0 Å². The van der Waals surface area contributed by atoms with E-state index in [-0.39, 0.29) is 10.7 Å². The highest BCUT2D eigenvalue weighted by Crippen LogP contribution is 2.22. The van der Waals surface area contributed by atoms with Crippen LogP contribution in [0.3, 0.4) is 0 Å². The number of carbonyl (C=O) groups excluding carboxylic acids is 1. The standard InChI is InChI=1S/C12H22N2O3S2/c1-3-12(4-2,11(13)18)14-10(15)9-7-5-6-8-19(9,16)17/h9H,3-8H2,1-2H3,(H2,13,18)(H,14,15). The van der Waals surface area contributed by atoms with Crippen molar-refractivity contribution in [3.63, 3.8) is 0 Å². The van der Waals surface area contributed by atoms with Crippen LogP contribution in [0.5, 0.6) is 0 Å². The Labute approximate surface area is 120 Å². The van der Waals surface area contributed by atoms with Gasteiger partial charge in [0.25, 0.3) is 0 Å². The van der Waals surface area contributed by atoms with Crippen LogP contribution in [0.2, 0.25) is 0 Å². The Morgan fingerprint density at radius 1 is 1.37 bits per heavy atom. The quantitative estimate of drug-likeness (QED) is 0.737. The molecule has 0 saturated carbocycles. The molecule has 0 aromatic rings. The zero-order valence-corrected chi connectivity index (χ0v) is 13.1. The molecule has 1 atom stereocenters. The predicted octanol–water partition coefficient (Wildman–Crippen LogP) is 0.915. The Morgan fingerprint density at radius 3 is 2.37 bits per heavy atom. The van der Waals surface area contributed by atoms with Crippen LogP contribution in [-0.2, 0) is 14.6 Å². The number of nitrogens with one attached hydrogen (secondary N) is 1. The second-order valence-corrected chi connectivity index (χ2v) is 7.74. The Hall–Kier alpha value is -0.690. The average Bonchev–Trinajstić information content (AvgIpc) is 2.34. The van der Waals surface area contributed by atoms with E-state index in [1.165, 1.54) is 0 Å². The molecule has 110 valence electrons. The molecule has 0 spiro atoms. The largest absolute Gasteiger partial charge is 0.391 e. The van der Waals surface area contributed by atoms with Crippen LogP contribution in [0.25, 0.3) is 0 Å². The first kappa shape index (κ1) is 16.4. The molecule has 7 heteroatoms. The molecule has 1 heterocycles. The lowest BCUT2D eigenvalue weighted by Crippen LogP contribution is -2.59. The molecule has 1 aliphatic heterocycles. The molecule has 19 heavy (non-hydrogen) atoms. The van der Waals surface area contributed by atoms with Gasteiger partial charge in [0, 0.05) is 0 Å². The molecule has 1 aliphatic rings. The number of thiocarbonyl (C=S) groups is 1. The van der Waals surface area contributed by atoms with Crippen LogP contribution >= 0.6 is 12.2 Å². The van der Waals surface area contributed by atoms with Crippen molar-refractivity contribution in [1.29, 1.82) is 0 Å². The van der Waals surface area contributed by atoms with Crippen molar-refractivity contribution in [2.24, 2.45) is 5.73 Å². The molecule has 0 radical (unpaired) electrons. The summed E-state index contributed by atoms with van der Waals surface area (Å²) in [5.41, 5.74) is 4.93. The van der Waals surface area contributed by atoms with Crippen LogP contribution in [0, 0.1) is 0 Å². The molecule has 1 fully saturated rings. The van der Waals surface area contributed by atoms with Gasteiger partial charge in [0.15, 0.2) is 9.84 Å². The molecule has 0 aromatic carbocycles. The fraction of sp³-hybridized carbons (Fsp3) is 0.833. The van der Waals surface area contributed by atoms with E-state index in [4.69, 9.17) is 18.0 Å². The molecule has 3 N–H and O–H groups in total. The summed E-state index contributed by atoms with van der Waals surface area (Å²) in [7, 11) is -3.33. The summed E-state index contributed by atoms with van der Waals surface area (Å²) in [5, 5.41) is 1.82. The number of hydrogen-bond acceptors (Lipinski definition) is 4. The first-order valence-corrected chi connectivity index (χ1v) is 8.75. The Bertz CT molecular complexity index is 456. The second-order valence-electron chi connectivity index (χ2n) is 4.99. The smallest absolute Gasteiger partial charge is 0.239 e. The van der Waals surface area contributed by atoms with Gasteiger partial charge in [0.2, 0.25) is 5.91 Å². The highest BCUT2D eigenvalue weighted by atomic mass is 32.2. The van der Waals surface area contributed by atoms with Crippen LogP contribution in [-0.4, -0.2) is 35.9 Å². The van der Waals surface area contributed by atoms with E-state index in [0.717, 1.165) is 6.42 Å². The van der Waals surface area contributed by atoms with Gasteiger partial charge >= 0.3 is 0 Å². The third-order valence-corrected chi connectivity index (χ3v) is 6.48. The minimum absolute atomic E-state index is 0.0867. The number of carbonyl (C=O) groups is 1. The summed E-state index contributed by atoms with van der Waals surface area (Å²) in [6, 6.07) is 0. The Morgan fingerprint density at radius 2 is 1.95 bits per heavy atom. The fourth-order valence-corrected chi connectivity index (χ4v) is 4.54. The van der Waals surface area contributed by atoms with Gasteiger partial charge < -0.3 is 11.1 Å². The van der Waals surface area contributed by atoms with E-state index in [0.29, 0.717) is 25.7 Å². The van der Waals surface area contributed by atoms with Crippen LogP contribution < -0.4 is 11.1 Å². The average molecular weight is 306 g/mol. The summed E-state index contributed by atoms with van der Waals surface area (Å²) in [4.78, 5) is 12.5. The lowest BCUT2D eigenvalue weighted by molar-refractivity contribution is -0.122. The number of amides is 1. The molecule has 1 amide bonds. The maximum atomic E-state index is 12.2. The molecule has 5 nitrogen and oxygen atoms in total. The van der Waals surface area contributed by atoms with Crippen molar-refractivity contribution in [3.05, 3.63) is 0 Å². The fourth-order valence-electron chi connectivity index (χ4n) is 2.40. The number of sulfone groups is 1. The normalized spacial score (nSPS) is 22.7. The molecule has 1 saturated heterocycles. The van der Waals surface area contributed by atoms with Gasteiger partial charge in [-0.25, -0.2) is 8.42 Å². The number of nitrogens with two attached hydrogens (primary N) is 1. The van der Waals surface area contributed by atoms with Gasteiger partial charge in [0.1, 0.15) is 5.25 Å². The van der Waals surface area contributed by atoms with Crippen molar-refractivity contribution in [2.45, 2.75) is 56.7 Å². The van der Waals surface area contributed by atoms with Gasteiger partial charge in [-0.15, -0.1) is 0 Å². The number of rotatable bonds is 5. The van der Waals surface area contributed by atoms with Crippen molar-refractivity contribution in [1.82, 2.24) is 5.32 Å². The Kier molecular flexibility index (Phi) is 5.32. The van der Waals surface area contributed by atoms with Crippen LogP contribution in [0.4, 0.5) is 0 Å². The zero-order valence-electron chi connectivity index (χ0n) is 11.4. The minimum atomic E-state index is -3.33. The maximum Gasteiger partial charge on any atom is 0.239 e. The zero-order chi connectivity index (χ0) is 14.7. The lowest BCUT2D eigenvalue weighted by atomic mass is 9.92. The SMILES string of the molecule is CCC(CC)(NC(=O)C1CCCCS1(=O)=O)C(N)=S. The van der Waals surface area contributed by atoms with E-state index in [1.807, 2.05) is 13.8 Å². The van der Waals surface area contributed by atoms with E-state index in [1.54, 1.807) is 0 Å². The predicted molar refractivity (Wildman–Crippen MR) is 79.7 cm³/mol. The minimum Gasteiger partial charge on any atom is -0.391 e. The van der Waals surface area contributed by atoms with Gasteiger partial charge in [-0.2, -0.15) is 0 Å².